The average Bonchev–Trinajstić information content (AvgIpc) is 3.21. The fourth-order valence-corrected chi connectivity index (χ4v) is 4.29. The van der Waals surface area contributed by atoms with Crippen molar-refractivity contribution < 1.29 is 23.9 Å². The number of hydrogen-bond acceptors (Lipinski definition) is 6. The van der Waals surface area contributed by atoms with Gasteiger partial charge in [-0.25, -0.2) is 9.59 Å². The highest BCUT2D eigenvalue weighted by Crippen LogP contribution is 2.32. The Bertz CT molecular complexity index is 1500. The van der Waals surface area contributed by atoms with Crippen LogP contribution >= 0.6 is 0 Å². The molecule has 2 aromatic carbocycles. The first kappa shape index (κ1) is 28.7. The number of pyridine rings is 1. The molecule has 0 radical (unpaired) electrons. The summed E-state index contributed by atoms with van der Waals surface area (Å²) >= 11 is 0. The number of rotatable bonds is 5. The average molecular weight is 544 g/mol. The third kappa shape index (κ3) is 7.40. The molecule has 0 bridgehead atoms. The van der Waals surface area contributed by atoms with Gasteiger partial charge >= 0.3 is 12.2 Å². The largest absolute Gasteiger partial charge is 0.534 e. The van der Waals surface area contributed by atoms with Gasteiger partial charge in [0.15, 0.2) is 0 Å². The summed E-state index contributed by atoms with van der Waals surface area (Å²) in [6.07, 6.45) is 1.87. The van der Waals surface area contributed by atoms with Crippen LogP contribution in [0.1, 0.15) is 58.2 Å². The van der Waals surface area contributed by atoms with Gasteiger partial charge in [0.05, 0.1) is 6.54 Å². The van der Waals surface area contributed by atoms with Crippen molar-refractivity contribution in [1.82, 2.24) is 14.6 Å². The molecule has 0 saturated carbocycles. The smallest absolute Gasteiger partial charge is 0.442 e. The number of fused-ring (bicyclic) bond motifs is 1. The first-order valence-corrected chi connectivity index (χ1v) is 13.3. The molecule has 8 nitrogen and oxygen atoms in total. The van der Waals surface area contributed by atoms with E-state index >= 15 is 0 Å². The first-order chi connectivity index (χ1) is 18.8. The molecule has 40 heavy (non-hydrogen) atoms. The second kappa shape index (κ2) is 11.4. The predicted octanol–water partition coefficient (Wildman–Crippen LogP) is 7.66. The molecule has 0 saturated heterocycles. The van der Waals surface area contributed by atoms with Crippen molar-refractivity contribution in [2.24, 2.45) is 0 Å². The van der Waals surface area contributed by atoms with Crippen LogP contribution in [0.4, 0.5) is 9.59 Å². The number of hydroxylamine groups is 2. The fraction of sp³-hybridized carbons (Fsp3) is 0.344. The molecule has 0 aliphatic carbocycles. The fourth-order valence-electron chi connectivity index (χ4n) is 4.29. The Labute approximate surface area is 235 Å². The van der Waals surface area contributed by atoms with E-state index in [9.17, 15) is 9.59 Å². The third-order valence-electron chi connectivity index (χ3n) is 5.95. The molecule has 1 amide bonds. The van der Waals surface area contributed by atoms with E-state index in [1.165, 1.54) is 0 Å². The maximum atomic E-state index is 13.0. The number of amides is 1. The minimum absolute atomic E-state index is 0.0235. The topological polar surface area (TPSA) is 82.9 Å². The van der Waals surface area contributed by atoms with Gasteiger partial charge < -0.3 is 14.0 Å². The third-order valence-corrected chi connectivity index (χ3v) is 5.95. The van der Waals surface area contributed by atoms with E-state index in [4.69, 9.17) is 14.3 Å². The highest BCUT2D eigenvalue weighted by atomic mass is 16.8. The molecule has 4 rings (SSSR count). The van der Waals surface area contributed by atoms with Crippen LogP contribution in [0, 0.1) is 6.92 Å². The van der Waals surface area contributed by atoms with Gasteiger partial charge in [0.2, 0.25) is 0 Å². The molecular formula is C32H37N3O5. The van der Waals surface area contributed by atoms with E-state index in [2.05, 4.69) is 33.8 Å². The summed E-state index contributed by atoms with van der Waals surface area (Å²) in [5.74, 6) is 0. The van der Waals surface area contributed by atoms with Crippen LogP contribution in [-0.4, -0.2) is 38.1 Å². The molecule has 210 valence electrons. The number of para-hydroxylation sites is 1. The van der Waals surface area contributed by atoms with E-state index in [0.29, 0.717) is 6.54 Å². The van der Waals surface area contributed by atoms with Gasteiger partial charge in [-0.15, -0.1) is 5.06 Å². The van der Waals surface area contributed by atoms with Gasteiger partial charge in [-0.3, -0.25) is 9.82 Å². The summed E-state index contributed by atoms with van der Waals surface area (Å²) < 4.78 is 13.1. The van der Waals surface area contributed by atoms with Gasteiger partial charge in [0.1, 0.15) is 11.2 Å². The van der Waals surface area contributed by atoms with Gasteiger partial charge in [-0.05, 0) is 89.4 Å². The van der Waals surface area contributed by atoms with Crippen LogP contribution in [0.25, 0.3) is 22.2 Å². The number of aromatic nitrogens is 2. The van der Waals surface area contributed by atoms with Crippen molar-refractivity contribution in [1.29, 1.82) is 0 Å². The van der Waals surface area contributed by atoms with Crippen molar-refractivity contribution >= 4 is 23.2 Å². The molecule has 0 spiro atoms. The minimum atomic E-state index is -0.984. The number of carbonyl (C=O) groups is 2. The molecule has 0 fully saturated rings. The normalized spacial score (nSPS) is 11.8. The van der Waals surface area contributed by atoms with Crippen molar-refractivity contribution in [2.45, 2.75) is 72.8 Å². The number of hydrogen-bond donors (Lipinski definition) is 0. The Hall–Kier alpha value is -4.33. The lowest BCUT2D eigenvalue weighted by Crippen LogP contribution is -2.39. The van der Waals surface area contributed by atoms with Crippen LogP contribution < -0.4 is 0 Å². The van der Waals surface area contributed by atoms with E-state index in [-0.39, 0.29) is 6.54 Å². The quantitative estimate of drug-likeness (QED) is 0.190. The predicted molar refractivity (Wildman–Crippen MR) is 155 cm³/mol. The van der Waals surface area contributed by atoms with Crippen molar-refractivity contribution in [3.05, 3.63) is 89.7 Å². The molecule has 0 N–H and O–H groups in total. The van der Waals surface area contributed by atoms with Crippen LogP contribution in [0.2, 0.25) is 0 Å². The summed E-state index contributed by atoms with van der Waals surface area (Å²) in [5, 5.41) is 2.02. The Morgan fingerprint density at radius 3 is 2.27 bits per heavy atom. The maximum absolute atomic E-state index is 13.0. The van der Waals surface area contributed by atoms with Gasteiger partial charge in [-0.1, -0.05) is 36.4 Å². The number of aryl methyl sites for hydroxylation is 1. The van der Waals surface area contributed by atoms with Crippen LogP contribution in [0.5, 0.6) is 0 Å². The molecule has 4 aromatic rings. The van der Waals surface area contributed by atoms with Gasteiger partial charge in [0.25, 0.3) is 0 Å². The molecule has 0 aliphatic rings. The molecule has 8 heteroatoms. The zero-order valence-corrected chi connectivity index (χ0v) is 24.2. The Morgan fingerprint density at radius 2 is 1.60 bits per heavy atom. The molecular weight excluding hydrogens is 506 g/mol. The number of nitrogens with zero attached hydrogens (tertiary/aromatic N) is 3. The summed E-state index contributed by atoms with van der Waals surface area (Å²) in [6, 6.07) is 20.3. The lowest BCUT2D eigenvalue weighted by atomic mass is 10.0. The lowest BCUT2D eigenvalue weighted by molar-refractivity contribution is -0.140. The van der Waals surface area contributed by atoms with Crippen LogP contribution in [0.3, 0.4) is 0 Å². The zero-order chi connectivity index (χ0) is 29.1. The van der Waals surface area contributed by atoms with Crippen LogP contribution in [-0.2, 0) is 27.4 Å². The summed E-state index contributed by atoms with van der Waals surface area (Å²) in [7, 11) is 0. The maximum Gasteiger partial charge on any atom is 0.534 e. The minimum Gasteiger partial charge on any atom is -0.442 e. The van der Waals surface area contributed by atoms with Crippen LogP contribution in [0.15, 0.2) is 73.1 Å². The second-order valence-corrected chi connectivity index (χ2v) is 11.8. The monoisotopic (exact) mass is 543 g/mol. The first-order valence-electron chi connectivity index (χ1n) is 13.3. The molecule has 0 atom stereocenters. The summed E-state index contributed by atoms with van der Waals surface area (Å²) in [6.45, 7) is 13.1. The van der Waals surface area contributed by atoms with E-state index in [1.807, 2.05) is 49.5 Å². The lowest BCUT2D eigenvalue weighted by Gasteiger charge is -2.27. The Balaban J connectivity index is 1.71. The Morgan fingerprint density at radius 1 is 0.875 bits per heavy atom. The highest BCUT2D eigenvalue weighted by molar-refractivity contribution is 5.88. The standard InChI is InChI=1S/C32H37N3O5/c1-22-14-15-23(21-35(29(36)38-31(2,3)4)40-30(37)39-32(5,6)7)17-26(22)28-18-25-12-8-9-13-27(25)34(28)20-24-11-10-16-33-19-24/h8-19H,20-21H2,1-7H3. The Kier molecular flexibility index (Phi) is 8.18. The molecule has 2 aromatic heterocycles. The van der Waals surface area contributed by atoms with Crippen molar-refractivity contribution in [2.75, 3.05) is 0 Å². The summed E-state index contributed by atoms with van der Waals surface area (Å²) in [4.78, 5) is 35.1. The SMILES string of the molecule is Cc1ccc(CN(OC(=O)OC(C)(C)C)C(=O)OC(C)(C)C)cc1-c1cc2ccccc2n1Cc1cccnc1. The number of carbonyl (C=O) groups excluding carboxylic acids is 2. The van der Waals surface area contributed by atoms with E-state index < -0.39 is 23.5 Å². The zero-order valence-electron chi connectivity index (χ0n) is 24.2. The number of ether oxygens (including phenoxy) is 2. The van der Waals surface area contributed by atoms with Gasteiger partial charge in [-0.2, -0.15) is 0 Å². The molecule has 0 unspecified atom stereocenters. The molecule has 2 heterocycles. The van der Waals surface area contributed by atoms with E-state index in [0.717, 1.165) is 43.9 Å². The highest BCUT2D eigenvalue weighted by Gasteiger charge is 2.28. The number of benzene rings is 2. The van der Waals surface area contributed by atoms with Gasteiger partial charge in [0, 0.05) is 41.1 Å². The molecule has 0 aliphatic heterocycles. The van der Waals surface area contributed by atoms with E-state index in [1.54, 1.807) is 47.7 Å². The second-order valence-electron chi connectivity index (χ2n) is 11.8. The van der Waals surface area contributed by atoms with Crippen molar-refractivity contribution in [3.63, 3.8) is 0 Å². The summed E-state index contributed by atoms with van der Waals surface area (Å²) in [5.41, 5.74) is 4.48. The van der Waals surface area contributed by atoms with Crippen molar-refractivity contribution in [3.8, 4) is 11.3 Å².